The van der Waals surface area contributed by atoms with Crippen LogP contribution in [0.25, 0.3) is 0 Å². The molecule has 0 radical (unpaired) electrons. The first-order valence-electron chi connectivity index (χ1n) is 18.3. The maximum Gasteiger partial charge on any atom is 0.160 e. The predicted molar refractivity (Wildman–Crippen MR) is 191 cm³/mol. The number of ketones is 2. The van der Waals surface area contributed by atoms with Gasteiger partial charge in [0.2, 0.25) is 0 Å². The number of aliphatic hydroxyl groups excluding tert-OH is 2. The van der Waals surface area contributed by atoms with Crippen LogP contribution in [0.4, 0.5) is 5.82 Å². The number of aromatic nitrogens is 1. The molecule has 0 spiro atoms. The first-order chi connectivity index (χ1) is 24.1. The fraction of sp³-hybridized carbons (Fsp3) is 0.600. The van der Waals surface area contributed by atoms with Crippen LogP contribution in [-0.4, -0.2) is 70.1 Å². The van der Waals surface area contributed by atoms with Gasteiger partial charge in [-0.05, 0) is 117 Å². The van der Waals surface area contributed by atoms with E-state index in [1.54, 1.807) is 30.5 Å². The van der Waals surface area contributed by atoms with E-state index in [9.17, 15) is 29.7 Å². The molecule has 8 unspecified atom stereocenters. The van der Waals surface area contributed by atoms with Crippen molar-refractivity contribution in [3.63, 3.8) is 0 Å². The first-order valence-corrected chi connectivity index (χ1v) is 18.3. The number of aryl methyl sites for hydroxylation is 1. The number of aldehydes is 1. The van der Waals surface area contributed by atoms with Gasteiger partial charge in [-0.2, -0.15) is 0 Å². The number of hydrogen-bond donors (Lipinski definition) is 5. The monoisotopic (exact) mass is 687 g/mol. The van der Waals surface area contributed by atoms with Gasteiger partial charge in [0, 0.05) is 43.8 Å². The Hall–Kier alpha value is -3.78. The molecule has 0 bridgehead atoms. The van der Waals surface area contributed by atoms with Crippen LogP contribution in [-0.2, 0) is 20.8 Å². The highest BCUT2D eigenvalue weighted by Crippen LogP contribution is 2.38. The molecule has 1 aliphatic heterocycles. The van der Waals surface area contributed by atoms with E-state index in [4.69, 9.17) is 10.5 Å². The lowest BCUT2D eigenvalue weighted by Gasteiger charge is -2.39. The molecule has 0 amide bonds. The Morgan fingerprint density at radius 1 is 1.10 bits per heavy atom. The molecule has 6 N–H and O–H groups in total. The van der Waals surface area contributed by atoms with Gasteiger partial charge in [-0.15, -0.1) is 0 Å². The smallest absolute Gasteiger partial charge is 0.160 e. The minimum Gasteiger partial charge on any atom is -0.504 e. The van der Waals surface area contributed by atoms with Crippen molar-refractivity contribution in [1.29, 1.82) is 0 Å². The van der Waals surface area contributed by atoms with Crippen molar-refractivity contribution in [3.05, 3.63) is 47.2 Å². The molecule has 8 atom stereocenters. The topological polar surface area (TPSA) is 172 Å². The molecule has 1 aromatic heterocycles. The molecule has 3 aliphatic rings. The Balaban J connectivity index is 1.23. The third-order valence-electron chi connectivity index (χ3n) is 11.1. The fourth-order valence-electron chi connectivity index (χ4n) is 8.23. The van der Waals surface area contributed by atoms with E-state index in [-0.39, 0.29) is 30.3 Å². The largest absolute Gasteiger partial charge is 0.504 e. The summed E-state index contributed by atoms with van der Waals surface area (Å²) in [6.07, 6.45) is 9.58. The summed E-state index contributed by atoms with van der Waals surface area (Å²) in [5, 5.41) is 36.7. The van der Waals surface area contributed by atoms with Gasteiger partial charge in [0.1, 0.15) is 23.8 Å². The summed E-state index contributed by atoms with van der Waals surface area (Å²) in [5.41, 5.74) is 8.33. The molecule has 1 saturated heterocycles. The van der Waals surface area contributed by atoms with Gasteiger partial charge < -0.3 is 35.9 Å². The maximum atomic E-state index is 13.5. The summed E-state index contributed by atoms with van der Waals surface area (Å²) in [4.78, 5) is 40.8. The second-order valence-corrected chi connectivity index (χ2v) is 14.6. The number of anilines is 1. The number of carbonyl (C=O) groups excluding carboxylic acids is 3. The third-order valence-corrected chi connectivity index (χ3v) is 11.1. The lowest BCUT2D eigenvalue weighted by molar-refractivity contribution is -0.124. The number of aromatic hydroxyl groups is 1. The van der Waals surface area contributed by atoms with Crippen LogP contribution >= 0.6 is 0 Å². The highest BCUT2D eigenvalue weighted by molar-refractivity contribution is 5.85. The highest BCUT2D eigenvalue weighted by atomic mass is 16.5. The zero-order chi connectivity index (χ0) is 35.6. The number of ether oxygens (including phenoxy) is 1. The summed E-state index contributed by atoms with van der Waals surface area (Å²) in [6.45, 7) is 0.927. The molecule has 1 aromatic carbocycles. The minimum atomic E-state index is -0.888. The number of methoxy groups -OCH3 is 1. The zero-order valence-corrected chi connectivity index (χ0v) is 29.2. The van der Waals surface area contributed by atoms with Crippen LogP contribution in [0.15, 0.2) is 30.5 Å². The molecule has 5 rings (SSSR count). The Morgan fingerprint density at radius 3 is 2.72 bits per heavy atom. The molecular weight excluding hydrogens is 634 g/mol. The van der Waals surface area contributed by atoms with Crippen molar-refractivity contribution in [2.75, 3.05) is 19.4 Å². The van der Waals surface area contributed by atoms with Gasteiger partial charge in [0.05, 0.1) is 19.3 Å². The number of nitrogens with two attached hydrogens (primary N) is 1. The summed E-state index contributed by atoms with van der Waals surface area (Å²) in [5.74, 6) is 7.01. The molecule has 10 nitrogen and oxygen atoms in total. The second kappa shape index (κ2) is 17.9. The van der Waals surface area contributed by atoms with Crippen molar-refractivity contribution in [1.82, 2.24) is 10.3 Å². The number of nitrogen functional groups attached to an aromatic ring is 1. The van der Waals surface area contributed by atoms with Crippen molar-refractivity contribution < 1.29 is 34.4 Å². The number of nitrogens with zero attached hydrogens (tertiary/aromatic N) is 1. The molecule has 1 saturated carbocycles. The number of carbonyl (C=O) groups is 3. The third kappa shape index (κ3) is 9.93. The fourth-order valence-corrected chi connectivity index (χ4v) is 8.23. The lowest BCUT2D eigenvalue weighted by atomic mass is 9.74. The molecule has 10 heteroatoms. The standard InChI is InChI=1S/C40H53N3O7/c1-50-39-20-29-9-13-37(48)33(36(47)5-3-2-4-25-18-30-7-11-32(46)22-35(30)43-24-25)12-8-26(34(29)23-38(39)49)6-10-31(45)19-28(15-17-44)27-14-16-42-40(41)21-27/h14,16-17,20-21,23,25-26,28,30-31,33,35-36,43,45,47,49H,2-7,9-11,13,15,18-19,22,24H2,1H3,(H2,41,42). The van der Waals surface area contributed by atoms with E-state index in [1.807, 2.05) is 0 Å². The van der Waals surface area contributed by atoms with Crippen molar-refractivity contribution >= 4 is 23.7 Å². The second-order valence-electron chi connectivity index (χ2n) is 14.6. The van der Waals surface area contributed by atoms with Gasteiger partial charge in [0.25, 0.3) is 0 Å². The molecular formula is C40H53N3O7. The minimum absolute atomic E-state index is 0.0252. The van der Waals surface area contributed by atoms with Crippen LogP contribution < -0.4 is 15.8 Å². The SMILES string of the molecule is COc1cc2c(cc1O)C(CCC(O)CC(CC=O)c1ccnc(N)c1)C#CC(C(O)CCCCC1CNC3CC(=O)CCC3C1)C(=O)CC2. The van der Waals surface area contributed by atoms with Crippen LogP contribution in [0, 0.1) is 29.6 Å². The van der Waals surface area contributed by atoms with E-state index in [0.29, 0.717) is 80.2 Å². The van der Waals surface area contributed by atoms with E-state index in [2.05, 4.69) is 22.1 Å². The van der Waals surface area contributed by atoms with Gasteiger partial charge in [-0.25, -0.2) is 4.98 Å². The number of phenols is 1. The zero-order valence-electron chi connectivity index (χ0n) is 29.2. The van der Waals surface area contributed by atoms with Gasteiger partial charge in [-0.1, -0.05) is 24.7 Å². The Morgan fingerprint density at radius 2 is 1.94 bits per heavy atom. The molecule has 2 fully saturated rings. The van der Waals surface area contributed by atoms with E-state index in [1.165, 1.54) is 7.11 Å². The molecule has 50 heavy (non-hydrogen) atoms. The van der Waals surface area contributed by atoms with Crippen molar-refractivity contribution in [2.24, 2.45) is 17.8 Å². The normalized spacial score (nSPS) is 25.4. The van der Waals surface area contributed by atoms with E-state index >= 15 is 0 Å². The average molecular weight is 688 g/mol. The van der Waals surface area contributed by atoms with Crippen molar-refractivity contribution in [2.45, 2.75) is 120 Å². The summed E-state index contributed by atoms with van der Waals surface area (Å²) in [7, 11) is 1.48. The Labute approximate surface area is 295 Å². The van der Waals surface area contributed by atoms with Crippen LogP contribution in [0.3, 0.4) is 0 Å². The number of nitrogens with one attached hydrogen (secondary N) is 1. The number of hydrogen-bond acceptors (Lipinski definition) is 10. The maximum absolute atomic E-state index is 13.5. The van der Waals surface area contributed by atoms with Gasteiger partial charge >= 0.3 is 0 Å². The van der Waals surface area contributed by atoms with Crippen LogP contribution in [0.2, 0.25) is 0 Å². The quantitative estimate of drug-likeness (QED) is 0.0998. The average Bonchev–Trinajstić information content (AvgIpc) is 3.16. The number of fused-ring (bicyclic) bond motifs is 2. The summed E-state index contributed by atoms with van der Waals surface area (Å²) < 4.78 is 5.37. The number of unbranched alkanes of at least 4 members (excludes halogenated alkanes) is 1. The van der Waals surface area contributed by atoms with Crippen LogP contribution in [0.5, 0.6) is 11.5 Å². The summed E-state index contributed by atoms with van der Waals surface area (Å²) >= 11 is 0. The van der Waals surface area contributed by atoms with Crippen LogP contribution in [0.1, 0.15) is 112 Å². The van der Waals surface area contributed by atoms with E-state index < -0.39 is 24.0 Å². The molecule has 270 valence electrons. The lowest BCUT2D eigenvalue weighted by Crippen LogP contribution is -2.48. The van der Waals surface area contributed by atoms with Gasteiger partial charge in [-0.3, -0.25) is 9.59 Å². The predicted octanol–water partition coefficient (Wildman–Crippen LogP) is 4.77. The van der Waals surface area contributed by atoms with Crippen molar-refractivity contribution in [3.8, 4) is 23.3 Å². The number of rotatable bonds is 15. The van der Waals surface area contributed by atoms with E-state index in [0.717, 1.165) is 61.6 Å². The first kappa shape index (κ1) is 37.5. The number of benzene rings is 1. The number of phenolic OH excluding ortho intramolecular Hbond substituents is 1. The Bertz CT molecular complexity index is 1550. The van der Waals surface area contributed by atoms with Gasteiger partial charge in [0.15, 0.2) is 17.3 Å². The molecule has 2 aliphatic carbocycles. The highest BCUT2D eigenvalue weighted by Gasteiger charge is 2.34. The number of piperidine rings is 1. The number of Topliss-reactive ketones (excluding diaryl/α,β-unsaturated/α-hetero) is 2. The molecule has 2 heterocycles. The number of aliphatic hydroxyl groups is 2. The Kier molecular flexibility index (Phi) is 13.4. The molecule has 2 aromatic rings. The summed E-state index contributed by atoms with van der Waals surface area (Å²) in [6, 6.07) is 7.25. The number of pyridine rings is 1.